The Kier molecular flexibility index (Phi) is 4.66. The minimum absolute atomic E-state index is 0.0516. The molecule has 8 nitrogen and oxygen atoms in total. The molecule has 21 heavy (non-hydrogen) atoms. The van der Waals surface area contributed by atoms with Crippen molar-refractivity contribution in [1.29, 1.82) is 0 Å². The average molecular weight is 310 g/mol. The molecule has 0 radical (unpaired) electrons. The molecule has 1 heterocycles. The maximum Gasteiger partial charge on any atom is 0.322 e. The monoisotopic (exact) mass is 310 g/mol. The summed E-state index contributed by atoms with van der Waals surface area (Å²) in [5, 5.41) is 0. The van der Waals surface area contributed by atoms with E-state index in [9.17, 15) is 8.42 Å². The summed E-state index contributed by atoms with van der Waals surface area (Å²) >= 11 is 0. The van der Waals surface area contributed by atoms with E-state index in [1.165, 1.54) is 26.4 Å². The third-order valence-corrected chi connectivity index (χ3v) is 3.90. The Balaban J connectivity index is 2.16. The molecule has 0 aliphatic heterocycles. The van der Waals surface area contributed by atoms with Gasteiger partial charge in [0, 0.05) is 0 Å². The van der Waals surface area contributed by atoms with E-state index in [-0.39, 0.29) is 29.3 Å². The van der Waals surface area contributed by atoms with Gasteiger partial charge >= 0.3 is 12.0 Å². The smallest absolute Gasteiger partial charge is 0.322 e. The zero-order chi connectivity index (χ0) is 15.3. The summed E-state index contributed by atoms with van der Waals surface area (Å²) in [4.78, 5) is 11.9. The van der Waals surface area contributed by atoms with Gasteiger partial charge in [0.05, 0.1) is 25.7 Å². The largest absolute Gasteiger partial charge is 0.467 e. The lowest BCUT2D eigenvalue weighted by Gasteiger charge is -2.07. The fourth-order valence-corrected chi connectivity index (χ4v) is 2.48. The Morgan fingerprint density at radius 3 is 2.10 bits per heavy atom. The predicted molar refractivity (Wildman–Crippen MR) is 73.4 cm³/mol. The summed E-state index contributed by atoms with van der Waals surface area (Å²) in [6.07, 6.45) is 0. The topological polar surface area (TPSA) is 103 Å². The Hall–Kier alpha value is -2.26. The SMILES string of the molecule is COc1nc(CNS(=O)(=O)c2ccccc2)nc(OC)n1. The highest BCUT2D eigenvalue weighted by Crippen LogP contribution is 2.11. The first-order valence-electron chi connectivity index (χ1n) is 5.93. The Morgan fingerprint density at radius 1 is 1.00 bits per heavy atom. The summed E-state index contributed by atoms with van der Waals surface area (Å²) < 4.78 is 36.3. The van der Waals surface area contributed by atoms with Gasteiger partial charge < -0.3 is 9.47 Å². The van der Waals surface area contributed by atoms with Crippen LogP contribution >= 0.6 is 0 Å². The van der Waals surface area contributed by atoms with Gasteiger partial charge in [-0.05, 0) is 12.1 Å². The lowest BCUT2D eigenvalue weighted by atomic mass is 10.4. The van der Waals surface area contributed by atoms with Crippen LogP contribution in [0.3, 0.4) is 0 Å². The predicted octanol–water partition coefficient (Wildman–Crippen LogP) is 0.367. The molecule has 2 rings (SSSR count). The molecule has 112 valence electrons. The molecule has 9 heteroatoms. The highest BCUT2D eigenvalue weighted by Gasteiger charge is 2.15. The van der Waals surface area contributed by atoms with E-state index in [0.717, 1.165) is 0 Å². The first-order chi connectivity index (χ1) is 10.0. The molecule has 0 amide bonds. The number of nitrogens with one attached hydrogen (secondary N) is 1. The first kappa shape index (κ1) is 15.1. The van der Waals surface area contributed by atoms with E-state index in [1.54, 1.807) is 18.2 Å². The molecule has 0 saturated heterocycles. The maximum absolute atomic E-state index is 12.1. The molecule has 1 N–H and O–H groups in total. The van der Waals surface area contributed by atoms with Crippen molar-refractivity contribution in [3.8, 4) is 12.0 Å². The highest BCUT2D eigenvalue weighted by atomic mass is 32.2. The Morgan fingerprint density at radius 2 is 1.57 bits per heavy atom. The summed E-state index contributed by atoms with van der Waals surface area (Å²) in [6, 6.07) is 8.12. The number of methoxy groups -OCH3 is 2. The lowest BCUT2D eigenvalue weighted by Crippen LogP contribution is -2.24. The van der Waals surface area contributed by atoms with Crippen molar-refractivity contribution in [2.24, 2.45) is 0 Å². The van der Waals surface area contributed by atoms with E-state index in [2.05, 4.69) is 19.7 Å². The third-order valence-electron chi connectivity index (χ3n) is 2.48. The van der Waals surface area contributed by atoms with Crippen molar-refractivity contribution in [2.75, 3.05) is 14.2 Å². The van der Waals surface area contributed by atoms with E-state index >= 15 is 0 Å². The normalized spacial score (nSPS) is 11.1. The van der Waals surface area contributed by atoms with Crippen LogP contribution in [0, 0.1) is 0 Å². The Labute approximate surface area is 122 Å². The highest BCUT2D eigenvalue weighted by molar-refractivity contribution is 7.89. The van der Waals surface area contributed by atoms with Crippen LogP contribution in [-0.2, 0) is 16.6 Å². The number of hydrogen-bond acceptors (Lipinski definition) is 7. The van der Waals surface area contributed by atoms with Crippen LogP contribution in [0.2, 0.25) is 0 Å². The minimum Gasteiger partial charge on any atom is -0.467 e. The van der Waals surface area contributed by atoms with Crippen molar-refractivity contribution in [3.05, 3.63) is 36.2 Å². The van der Waals surface area contributed by atoms with E-state index in [0.29, 0.717) is 0 Å². The fraction of sp³-hybridized carbons (Fsp3) is 0.250. The molecular weight excluding hydrogens is 296 g/mol. The second-order valence-corrected chi connectivity index (χ2v) is 5.63. The lowest BCUT2D eigenvalue weighted by molar-refractivity contribution is 0.336. The van der Waals surface area contributed by atoms with Crippen molar-refractivity contribution < 1.29 is 17.9 Å². The van der Waals surface area contributed by atoms with Crippen LogP contribution < -0.4 is 14.2 Å². The summed E-state index contributed by atoms with van der Waals surface area (Å²) in [5.41, 5.74) is 0. The number of aromatic nitrogens is 3. The van der Waals surface area contributed by atoms with Gasteiger partial charge in [0.25, 0.3) is 0 Å². The van der Waals surface area contributed by atoms with Gasteiger partial charge in [-0.25, -0.2) is 13.1 Å². The van der Waals surface area contributed by atoms with Crippen molar-refractivity contribution in [3.63, 3.8) is 0 Å². The molecule has 0 unspecified atom stereocenters. The molecule has 1 aromatic heterocycles. The average Bonchev–Trinajstić information content (AvgIpc) is 2.53. The van der Waals surface area contributed by atoms with Gasteiger partial charge in [0.1, 0.15) is 0 Å². The Bertz CT molecular complexity index is 684. The van der Waals surface area contributed by atoms with Crippen molar-refractivity contribution >= 4 is 10.0 Å². The molecule has 0 spiro atoms. The standard InChI is InChI=1S/C12H14N4O4S/c1-19-11-14-10(15-12(16-11)20-2)8-13-21(17,18)9-6-4-3-5-7-9/h3-7,13H,8H2,1-2H3. The van der Waals surface area contributed by atoms with Gasteiger partial charge in [-0.3, -0.25) is 0 Å². The summed E-state index contributed by atoms with van der Waals surface area (Å²) in [7, 11) is -0.839. The number of nitrogens with zero attached hydrogens (tertiary/aromatic N) is 3. The van der Waals surface area contributed by atoms with Gasteiger partial charge in [0.2, 0.25) is 10.0 Å². The molecule has 0 bridgehead atoms. The van der Waals surface area contributed by atoms with Crippen LogP contribution in [0.4, 0.5) is 0 Å². The molecule has 0 aliphatic carbocycles. The molecule has 0 saturated carbocycles. The molecule has 0 atom stereocenters. The third kappa shape index (κ3) is 3.86. The number of hydrogen-bond donors (Lipinski definition) is 1. The second-order valence-electron chi connectivity index (χ2n) is 3.86. The quantitative estimate of drug-likeness (QED) is 0.822. The van der Waals surface area contributed by atoms with Gasteiger partial charge in [-0.1, -0.05) is 18.2 Å². The molecule has 1 aromatic carbocycles. The summed E-state index contributed by atoms with van der Waals surface area (Å²) in [6.45, 7) is -0.105. The van der Waals surface area contributed by atoms with Gasteiger partial charge in [-0.2, -0.15) is 9.97 Å². The maximum atomic E-state index is 12.1. The van der Waals surface area contributed by atoms with Crippen LogP contribution in [0.25, 0.3) is 0 Å². The number of sulfonamides is 1. The first-order valence-corrected chi connectivity index (χ1v) is 7.41. The molecule has 2 aromatic rings. The number of ether oxygens (including phenoxy) is 2. The van der Waals surface area contributed by atoms with Crippen LogP contribution in [0.15, 0.2) is 35.2 Å². The number of benzene rings is 1. The molecule has 0 aliphatic rings. The zero-order valence-electron chi connectivity index (χ0n) is 11.5. The van der Waals surface area contributed by atoms with Gasteiger partial charge in [0.15, 0.2) is 5.82 Å². The van der Waals surface area contributed by atoms with E-state index < -0.39 is 10.0 Å². The zero-order valence-corrected chi connectivity index (χ0v) is 12.3. The summed E-state index contributed by atoms with van der Waals surface area (Å²) in [5.74, 6) is 0.193. The van der Waals surface area contributed by atoms with E-state index in [1.807, 2.05) is 0 Å². The fourth-order valence-electron chi connectivity index (χ4n) is 1.48. The second kappa shape index (κ2) is 6.46. The minimum atomic E-state index is -3.63. The molecular formula is C12H14N4O4S. The number of rotatable bonds is 6. The van der Waals surface area contributed by atoms with Crippen molar-refractivity contribution in [2.45, 2.75) is 11.4 Å². The molecule has 0 fully saturated rings. The van der Waals surface area contributed by atoms with E-state index in [4.69, 9.17) is 9.47 Å². The van der Waals surface area contributed by atoms with Crippen molar-refractivity contribution in [1.82, 2.24) is 19.7 Å². The van der Waals surface area contributed by atoms with Crippen LogP contribution in [0.1, 0.15) is 5.82 Å². The van der Waals surface area contributed by atoms with Crippen LogP contribution in [0.5, 0.6) is 12.0 Å². The van der Waals surface area contributed by atoms with Gasteiger partial charge in [-0.15, -0.1) is 4.98 Å². The van der Waals surface area contributed by atoms with Crippen LogP contribution in [-0.4, -0.2) is 37.6 Å².